The molecule has 0 aliphatic rings. The van der Waals surface area contributed by atoms with Crippen LogP contribution in [0.25, 0.3) is 0 Å². The van der Waals surface area contributed by atoms with E-state index in [-0.39, 0.29) is 11.9 Å². The zero-order valence-corrected chi connectivity index (χ0v) is 6.00. The average Bonchev–Trinajstić information content (AvgIpc) is 2.03. The van der Waals surface area contributed by atoms with Gasteiger partial charge in [-0.15, -0.1) is 6.58 Å². The van der Waals surface area contributed by atoms with Gasteiger partial charge in [-0.25, -0.2) is 4.39 Å². The monoisotopic (exact) mass is 152 g/mol. The van der Waals surface area contributed by atoms with E-state index in [1.165, 1.54) is 18.3 Å². The maximum atomic E-state index is 12.5. The Hall–Kier alpha value is -1.22. The molecule has 1 atom stereocenters. The summed E-state index contributed by atoms with van der Waals surface area (Å²) < 4.78 is 12.5. The molecular weight excluding hydrogens is 143 g/mol. The van der Waals surface area contributed by atoms with Gasteiger partial charge < -0.3 is 5.73 Å². The molecule has 3 heteroatoms. The van der Waals surface area contributed by atoms with E-state index >= 15 is 0 Å². The lowest BCUT2D eigenvalue weighted by molar-refractivity contribution is 0.617. The van der Waals surface area contributed by atoms with Crippen LogP contribution in [0.4, 0.5) is 4.39 Å². The van der Waals surface area contributed by atoms with Crippen LogP contribution in [-0.4, -0.2) is 4.98 Å². The van der Waals surface area contributed by atoms with Crippen LogP contribution >= 0.6 is 0 Å². The number of pyridine rings is 1. The van der Waals surface area contributed by atoms with Crippen molar-refractivity contribution in [2.75, 3.05) is 0 Å². The first-order valence-corrected chi connectivity index (χ1v) is 3.22. The summed E-state index contributed by atoms with van der Waals surface area (Å²) in [5.74, 6) is -0.375. The Labute approximate surface area is 64.6 Å². The number of rotatable bonds is 2. The summed E-state index contributed by atoms with van der Waals surface area (Å²) in [6.45, 7) is 3.49. The van der Waals surface area contributed by atoms with Gasteiger partial charge in [0.25, 0.3) is 0 Å². The number of aromatic nitrogens is 1. The Morgan fingerprint density at radius 1 is 1.64 bits per heavy atom. The molecule has 0 fully saturated rings. The second kappa shape index (κ2) is 3.25. The standard InChI is InChI=1S/C8H9FN2/c1-2-8(10)6-3-7(9)5-11-4-6/h2-5,8H,1,10H2. The summed E-state index contributed by atoms with van der Waals surface area (Å²) in [5.41, 5.74) is 6.18. The van der Waals surface area contributed by atoms with Crippen LogP contribution in [0, 0.1) is 5.82 Å². The van der Waals surface area contributed by atoms with Crippen molar-refractivity contribution in [3.05, 3.63) is 42.5 Å². The molecule has 1 heterocycles. The van der Waals surface area contributed by atoms with Crippen molar-refractivity contribution in [2.24, 2.45) is 5.73 Å². The first-order chi connectivity index (χ1) is 5.24. The molecule has 0 aliphatic carbocycles. The van der Waals surface area contributed by atoms with E-state index in [0.29, 0.717) is 5.56 Å². The molecule has 0 saturated carbocycles. The van der Waals surface area contributed by atoms with Gasteiger partial charge in [-0.05, 0) is 11.6 Å². The Balaban J connectivity index is 2.95. The van der Waals surface area contributed by atoms with Gasteiger partial charge in [0.05, 0.1) is 6.20 Å². The lowest BCUT2D eigenvalue weighted by atomic mass is 10.1. The normalized spacial score (nSPS) is 12.5. The number of halogens is 1. The third kappa shape index (κ3) is 1.85. The van der Waals surface area contributed by atoms with Crippen LogP contribution < -0.4 is 5.73 Å². The van der Waals surface area contributed by atoms with Crippen LogP contribution in [0.1, 0.15) is 11.6 Å². The number of hydrogen-bond acceptors (Lipinski definition) is 2. The molecule has 0 spiro atoms. The maximum Gasteiger partial charge on any atom is 0.141 e. The van der Waals surface area contributed by atoms with Gasteiger partial charge in [0.2, 0.25) is 0 Å². The summed E-state index contributed by atoms with van der Waals surface area (Å²) in [6, 6.07) is 1.01. The fraction of sp³-hybridized carbons (Fsp3) is 0.125. The molecule has 0 saturated heterocycles. The van der Waals surface area contributed by atoms with Crippen molar-refractivity contribution in [2.45, 2.75) is 6.04 Å². The molecular formula is C8H9FN2. The second-order valence-electron chi connectivity index (χ2n) is 2.20. The molecule has 0 aromatic carbocycles. The van der Waals surface area contributed by atoms with Crippen LogP contribution in [0.5, 0.6) is 0 Å². The highest BCUT2D eigenvalue weighted by atomic mass is 19.1. The van der Waals surface area contributed by atoms with E-state index in [2.05, 4.69) is 11.6 Å². The topological polar surface area (TPSA) is 38.9 Å². The Morgan fingerprint density at radius 2 is 2.36 bits per heavy atom. The summed E-state index contributed by atoms with van der Waals surface area (Å²) in [4.78, 5) is 3.65. The van der Waals surface area contributed by atoms with Crippen LogP contribution in [0.3, 0.4) is 0 Å². The van der Waals surface area contributed by atoms with Gasteiger partial charge >= 0.3 is 0 Å². The Kier molecular flexibility index (Phi) is 2.33. The second-order valence-corrected chi connectivity index (χ2v) is 2.20. The minimum Gasteiger partial charge on any atom is -0.321 e. The van der Waals surface area contributed by atoms with E-state index in [0.717, 1.165) is 6.20 Å². The summed E-state index contributed by atoms with van der Waals surface area (Å²) in [6.07, 6.45) is 4.20. The minimum atomic E-state index is -0.375. The van der Waals surface area contributed by atoms with Gasteiger partial charge in [-0.2, -0.15) is 0 Å². The SMILES string of the molecule is C=CC(N)c1cncc(F)c1. The van der Waals surface area contributed by atoms with E-state index in [9.17, 15) is 4.39 Å². The Bertz CT molecular complexity index is 260. The van der Waals surface area contributed by atoms with Crippen molar-refractivity contribution in [3.8, 4) is 0 Å². The third-order valence-electron chi connectivity index (χ3n) is 1.36. The first kappa shape index (κ1) is 7.88. The van der Waals surface area contributed by atoms with E-state index in [1.807, 2.05) is 0 Å². The van der Waals surface area contributed by atoms with Gasteiger partial charge in [0.15, 0.2) is 0 Å². The highest BCUT2D eigenvalue weighted by molar-refractivity contribution is 5.18. The van der Waals surface area contributed by atoms with Crippen LogP contribution in [0.2, 0.25) is 0 Å². The molecule has 1 rings (SSSR count). The molecule has 11 heavy (non-hydrogen) atoms. The quantitative estimate of drug-likeness (QED) is 0.650. The smallest absolute Gasteiger partial charge is 0.141 e. The Morgan fingerprint density at radius 3 is 2.91 bits per heavy atom. The fourth-order valence-corrected chi connectivity index (χ4v) is 0.747. The van der Waals surface area contributed by atoms with E-state index in [1.54, 1.807) is 0 Å². The van der Waals surface area contributed by atoms with Gasteiger partial charge in [-0.1, -0.05) is 6.08 Å². The van der Waals surface area contributed by atoms with Crippen molar-refractivity contribution in [1.29, 1.82) is 0 Å². The molecule has 2 N–H and O–H groups in total. The summed E-state index contributed by atoms with van der Waals surface area (Å²) in [5, 5.41) is 0. The van der Waals surface area contributed by atoms with Crippen molar-refractivity contribution < 1.29 is 4.39 Å². The fourth-order valence-electron chi connectivity index (χ4n) is 0.747. The number of nitrogens with two attached hydrogens (primary N) is 1. The molecule has 0 radical (unpaired) electrons. The first-order valence-electron chi connectivity index (χ1n) is 3.22. The molecule has 0 bridgehead atoms. The average molecular weight is 152 g/mol. The lowest BCUT2D eigenvalue weighted by Gasteiger charge is -2.04. The molecule has 58 valence electrons. The number of hydrogen-bond donors (Lipinski definition) is 1. The molecule has 2 nitrogen and oxygen atoms in total. The van der Waals surface area contributed by atoms with Gasteiger partial charge in [0.1, 0.15) is 5.82 Å². The predicted molar refractivity (Wildman–Crippen MR) is 41.3 cm³/mol. The third-order valence-corrected chi connectivity index (χ3v) is 1.36. The molecule has 1 aromatic heterocycles. The van der Waals surface area contributed by atoms with E-state index in [4.69, 9.17) is 5.73 Å². The zero-order valence-electron chi connectivity index (χ0n) is 6.00. The lowest BCUT2D eigenvalue weighted by Crippen LogP contribution is -2.06. The summed E-state index contributed by atoms with van der Waals surface area (Å²) in [7, 11) is 0. The molecule has 1 aromatic rings. The highest BCUT2D eigenvalue weighted by Gasteiger charge is 2.01. The maximum absolute atomic E-state index is 12.5. The van der Waals surface area contributed by atoms with E-state index < -0.39 is 0 Å². The van der Waals surface area contributed by atoms with Gasteiger partial charge in [0, 0.05) is 12.2 Å². The van der Waals surface area contributed by atoms with Crippen LogP contribution in [-0.2, 0) is 0 Å². The number of nitrogens with zero attached hydrogens (tertiary/aromatic N) is 1. The summed E-state index contributed by atoms with van der Waals surface area (Å²) >= 11 is 0. The highest BCUT2D eigenvalue weighted by Crippen LogP contribution is 2.09. The molecule has 0 amide bonds. The zero-order chi connectivity index (χ0) is 8.27. The van der Waals surface area contributed by atoms with Crippen LogP contribution in [0.15, 0.2) is 31.1 Å². The predicted octanol–water partition coefficient (Wildman–Crippen LogP) is 1.41. The van der Waals surface area contributed by atoms with Crippen molar-refractivity contribution in [1.82, 2.24) is 4.98 Å². The largest absolute Gasteiger partial charge is 0.321 e. The van der Waals surface area contributed by atoms with Crippen molar-refractivity contribution in [3.63, 3.8) is 0 Å². The molecule has 0 aliphatic heterocycles. The van der Waals surface area contributed by atoms with Gasteiger partial charge in [-0.3, -0.25) is 4.98 Å². The van der Waals surface area contributed by atoms with Crippen molar-refractivity contribution >= 4 is 0 Å². The minimum absolute atomic E-state index is 0.335. The molecule has 1 unspecified atom stereocenters.